The molecule has 1 aliphatic heterocycles. The highest BCUT2D eigenvalue weighted by Gasteiger charge is 2.25. The van der Waals surface area contributed by atoms with Crippen LogP contribution in [0.25, 0.3) is 0 Å². The number of amides is 1. The fourth-order valence-electron chi connectivity index (χ4n) is 3.44. The summed E-state index contributed by atoms with van der Waals surface area (Å²) < 4.78 is 42.2. The maximum absolute atomic E-state index is 13.0. The standard InChI is InChI=1S/C23H29N3O7S/c1-16-5-8-21(31-4)19(13-16)24-22(27)15-33-23(28)18-14-17(34(29,30)25(2)3)6-7-20(18)26-9-11-32-12-10-26/h5-8,13-14H,9-12,15H2,1-4H3,(H,24,27). The van der Waals surface area contributed by atoms with E-state index in [2.05, 4.69) is 5.32 Å². The van der Waals surface area contributed by atoms with Gasteiger partial charge in [-0.2, -0.15) is 0 Å². The third kappa shape index (κ3) is 5.85. The highest BCUT2D eigenvalue weighted by atomic mass is 32.2. The van der Waals surface area contributed by atoms with Crippen molar-refractivity contribution in [2.24, 2.45) is 0 Å². The van der Waals surface area contributed by atoms with Gasteiger partial charge in [0.1, 0.15) is 5.75 Å². The number of nitrogens with one attached hydrogen (secondary N) is 1. The third-order valence-electron chi connectivity index (χ3n) is 5.28. The van der Waals surface area contributed by atoms with Crippen molar-refractivity contribution < 1.29 is 32.2 Å². The van der Waals surface area contributed by atoms with E-state index in [1.54, 1.807) is 18.2 Å². The molecule has 184 valence electrons. The Bertz CT molecular complexity index is 1160. The second-order valence-corrected chi connectivity index (χ2v) is 10.0. The number of esters is 1. The lowest BCUT2D eigenvalue weighted by Crippen LogP contribution is -2.37. The van der Waals surface area contributed by atoms with Gasteiger partial charge in [0.15, 0.2) is 6.61 Å². The first-order valence-electron chi connectivity index (χ1n) is 10.6. The minimum Gasteiger partial charge on any atom is -0.495 e. The van der Waals surface area contributed by atoms with Crippen LogP contribution in [0.2, 0.25) is 0 Å². The molecule has 1 heterocycles. The Balaban J connectivity index is 1.81. The molecular weight excluding hydrogens is 462 g/mol. The van der Waals surface area contributed by atoms with E-state index in [1.807, 2.05) is 17.9 Å². The van der Waals surface area contributed by atoms with Crippen molar-refractivity contribution in [3.05, 3.63) is 47.5 Å². The lowest BCUT2D eigenvalue weighted by atomic mass is 10.1. The van der Waals surface area contributed by atoms with Crippen molar-refractivity contribution in [1.29, 1.82) is 0 Å². The summed E-state index contributed by atoms with van der Waals surface area (Å²) in [6.07, 6.45) is 0. The van der Waals surface area contributed by atoms with E-state index in [0.29, 0.717) is 43.4 Å². The van der Waals surface area contributed by atoms with E-state index < -0.39 is 28.5 Å². The van der Waals surface area contributed by atoms with Crippen LogP contribution >= 0.6 is 0 Å². The predicted octanol–water partition coefficient (Wildman–Crippen LogP) is 1.89. The summed E-state index contributed by atoms with van der Waals surface area (Å²) in [6.45, 7) is 3.35. The molecule has 34 heavy (non-hydrogen) atoms. The zero-order chi connectivity index (χ0) is 24.9. The SMILES string of the molecule is COc1ccc(C)cc1NC(=O)COC(=O)c1cc(S(=O)(=O)N(C)C)ccc1N1CCOCC1. The first-order chi connectivity index (χ1) is 16.1. The van der Waals surface area contributed by atoms with Crippen LogP contribution in [0.15, 0.2) is 41.3 Å². The maximum Gasteiger partial charge on any atom is 0.340 e. The van der Waals surface area contributed by atoms with Gasteiger partial charge in [-0.1, -0.05) is 6.07 Å². The number of carbonyl (C=O) groups is 2. The fourth-order valence-corrected chi connectivity index (χ4v) is 4.37. The molecule has 10 nitrogen and oxygen atoms in total. The lowest BCUT2D eigenvalue weighted by Gasteiger charge is -2.30. The monoisotopic (exact) mass is 491 g/mol. The Kier molecular flexibility index (Phi) is 8.13. The quantitative estimate of drug-likeness (QED) is 0.557. The van der Waals surface area contributed by atoms with Gasteiger partial charge in [-0.05, 0) is 42.8 Å². The molecule has 0 radical (unpaired) electrons. The minimum absolute atomic E-state index is 0.0459. The van der Waals surface area contributed by atoms with E-state index in [1.165, 1.54) is 33.3 Å². The molecule has 2 aromatic rings. The zero-order valence-electron chi connectivity index (χ0n) is 19.7. The molecule has 0 aromatic heterocycles. The van der Waals surface area contributed by atoms with Crippen LogP contribution in [-0.4, -0.2) is 78.7 Å². The second-order valence-electron chi connectivity index (χ2n) is 7.89. The first-order valence-corrected chi connectivity index (χ1v) is 12.1. The molecule has 0 saturated carbocycles. The average Bonchev–Trinajstić information content (AvgIpc) is 2.82. The number of methoxy groups -OCH3 is 1. The number of anilines is 2. The third-order valence-corrected chi connectivity index (χ3v) is 7.09. The molecule has 1 N–H and O–H groups in total. The Morgan fingerprint density at radius 1 is 1.12 bits per heavy atom. The number of hydrogen-bond acceptors (Lipinski definition) is 8. The molecule has 0 spiro atoms. The summed E-state index contributed by atoms with van der Waals surface area (Å²) in [5, 5.41) is 2.67. The van der Waals surface area contributed by atoms with Gasteiger partial charge < -0.3 is 24.4 Å². The largest absolute Gasteiger partial charge is 0.495 e. The summed E-state index contributed by atoms with van der Waals surface area (Å²) in [6, 6.07) is 9.62. The Morgan fingerprint density at radius 2 is 1.82 bits per heavy atom. The molecular formula is C23H29N3O7S. The summed E-state index contributed by atoms with van der Waals surface area (Å²) in [5.41, 5.74) is 1.95. The molecule has 1 amide bonds. The molecule has 1 saturated heterocycles. The zero-order valence-corrected chi connectivity index (χ0v) is 20.5. The summed E-state index contributed by atoms with van der Waals surface area (Å²) in [5.74, 6) is -0.882. The van der Waals surface area contributed by atoms with Gasteiger partial charge in [0.05, 0.1) is 42.2 Å². The first kappa shape index (κ1) is 25.5. The molecule has 11 heteroatoms. The van der Waals surface area contributed by atoms with Crippen LogP contribution in [0.5, 0.6) is 5.75 Å². The lowest BCUT2D eigenvalue weighted by molar-refractivity contribution is -0.119. The van der Waals surface area contributed by atoms with Crippen LogP contribution in [0.4, 0.5) is 11.4 Å². The van der Waals surface area contributed by atoms with Crippen molar-refractivity contribution >= 4 is 33.3 Å². The second kappa shape index (κ2) is 10.9. The van der Waals surface area contributed by atoms with E-state index in [9.17, 15) is 18.0 Å². The van der Waals surface area contributed by atoms with Gasteiger partial charge in [0.2, 0.25) is 10.0 Å². The molecule has 0 aliphatic carbocycles. The van der Waals surface area contributed by atoms with E-state index >= 15 is 0 Å². The number of aryl methyl sites for hydroxylation is 1. The highest BCUT2D eigenvalue weighted by Crippen LogP contribution is 2.28. The van der Waals surface area contributed by atoms with Gasteiger partial charge in [-0.15, -0.1) is 0 Å². The average molecular weight is 492 g/mol. The van der Waals surface area contributed by atoms with Gasteiger partial charge in [-0.25, -0.2) is 17.5 Å². The smallest absolute Gasteiger partial charge is 0.340 e. The van der Waals surface area contributed by atoms with Crippen LogP contribution in [0.1, 0.15) is 15.9 Å². The van der Waals surface area contributed by atoms with Gasteiger partial charge >= 0.3 is 5.97 Å². The fraction of sp³-hybridized carbons (Fsp3) is 0.391. The molecule has 1 aliphatic rings. The molecule has 0 atom stereocenters. The van der Waals surface area contributed by atoms with Crippen LogP contribution in [-0.2, 0) is 24.3 Å². The van der Waals surface area contributed by atoms with Crippen LogP contribution in [0.3, 0.4) is 0 Å². The number of benzene rings is 2. The number of sulfonamides is 1. The van der Waals surface area contributed by atoms with Crippen LogP contribution in [0, 0.1) is 6.92 Å². The van der Waals surface area contributed by atoms with Crippen molar-refractivity contribution in [3.8, 4) is 5.75 Å². The molecule has 2 aromatic carbocycles. The van der Waals surface area contributed by atoms with Crippen LogP contribution < -0.4 is 15.0 Å². The summed E-state index contributed by atoms with van der Waals surface area (Å²) >= 11 is 0. The number of carbonyl (C=O) groups excluding carboxylic acids is 2. The van der Waals surface area contributed by atoms with Gasteiger partial charge in [0, 0.05) is 27.2 Å². The number of ether oxygens (including phenoxy) is 3. The normalized spacial score (nSPS) is 14.1. The maximum atomic E-state index is 13.0. The predicted molar refractivity (Wildman–Crippen MR) is 127 cm³/mol. The highest BCUT2D eigenvalue weighted by molar-refractivity contribution is 7.89. The number of nitrogens with zero attached hydrogens (tertiary/aromatic N) is 2. The summed E-state index contributed by atoms with van der Waals surface area (Å²) in [4.78, 5) is 27.3. The Morgan fingerprint density at radius 3 is 2.47 bits per heavy atom. The number of morpholine rings is 1. The molecule has 3 rings (SSSR count). The topological polar surface area (TPSA) is 114 Å². The molecule has 1 fully saturated rings. The van der Waals surface area contributed by atoms with E-state index in [0.717, 1.165) is 9.87 Å². The number of rotatable bonds is 8. The summed E-state index contributed by atoms with van der Waals surface area (Å²) in [7, 11) is 0.533. The van der Waals surface area contributed by atoms with Crippen molar-refractivity contribution in [1.82, 2.24) is 4.31 Å². The number of hydrogen-bond donors (Lipinski definition) is 1. The van der Waals surface area contributed by atoms with E-state index in [-0.39, 0.29) is 10.5 Å². The Hall–Kier alpha value is -3.15. The van der Waals surface area contributed by atoms with E-state index in [4.69, 9.17) is 14.2 Å². The Labute approximate surface area is 199 Å². The van der Waals surface area contributed by atoms with Gasteiger partial charge in [-0.3, -0.25) is 4.79 Å². The van der Waals surface area contributed by atoms with Gasteiger partial charge in [0.25, 0.3) is 5.91 Å². The van der Waals surface area contributed by atoms with Crippen molar-refractivity contribution in [2.45, 2.75) is 11.8 Å². The van der Waals surface area contributed by atoms with Crippen molar-refractivity contribution in [2.75, 3.05) is 64.3 Å². The van der Waals surface area contributed by atoms with Crippen molar-refractivity contribution in [3.63, 3.8) is 0 Å². The molecule has 0 bridgehead atoms. The molecule has 0 unspecified atom stereocenters. The minimum atomic E-state index is -3.77.